The van der Waals surface area contributed by atoms with Gasteiger partial charge in [0.1, 0.15) is 11.4 Å². The Morgan fingerprint density at radius 2 is 2.00 bits per heavy atom. The lowest BCUT2D eigenvalue weighted by atomic mass is 9.88. The number of nitrogens with one attached hydrogen (secondary N) is 3. The molecule has 0 aromatic carbocycles. The molecule has 3 rings (SSSR count). The number of hydrogen-bond donors (Lipinski definition) is 4. The molecule has 29 heavy (non-hydrogen) atoms. The first-order valence-electron chi connectivity index (χ1n) is 9.32. The van der Waals surface area contributed by atoms with E-state index in [1.807, 2.05) is 4.90 Å². The number of imide groups is 1. The maximum absolute atomic E-state index is 12.1. The molecule has 0 aliphatic carbocycles. The Morgan fingerprint density at radius 1 is 1.24 bits per heavy atom. The number of hydrogen-bond acceptors (Lipinski definition) is 7. The second-order valence-corrected chi connectivity index (χ2v) is 6.89. The quantitative estimate of drug-likeness (QED) is 0.333. The van der Waals surface area contributed by atoms with Crippen LogP contribution in [0.25, 0.3) is 0 Å². The number of piperidine rings is 1. The molecule has 0 unspecified atom stereocenters. The SMILES string of the molecule is O=C(O)CCOCCNC(=O)c1ccc(N2CCC3(CC2)NC(=O)NC3=O)nc1. The molecular weight excluding hydrogens is 382 g/mol. The normalized spacial score (nSPS) is 17.7. The van der Waals surface area contributed by atoms with Gasteiger partial charge in [-0.15, -0.1) is 0 Å². The van der Waals surface area contributed by atoms with Gasteiger partial charge in [-0.1, -0.05) is 0 Å². The Labute approximate surface area is 166 Å². The number of amides is 4. The number of nitrogens with zero attached hydrogens (tertiary/aromatic N) is 2. The third-order valence-corrected chi connectivity index (χ3v) is 4.96. The molecular formula is C18H23N5O6. The van der Waals surface area contributed by atoms with Crippen LogP contribution >= 0.6 is 0 Å². The highest BCUT2D eigenvalue weighted by Gasteiger charge is 2.47. The Bertz CT molecular complexity index is 788. The van der Waals surface area contributed by atoms with Crippen LogP contribution in [0.5, 0.6) is 0 Å². The fourth-order valence-electron chi connectivity index (χ4n) is 3.31. The first-order chi connectivity index (χ1) is 13.9. The number of aromatic nitrogens is 1. The fraction of sp³-hybridized carbons (Fsp3) is 0.500. The summed E-state index contributed by atoms with van der Waals surface area (Å²) < 4.78 is 5.11. The standard InChI is InChI=1S/C18H23N5O6/c24-14(25)3-9-29-10-6-19-15(26)12-1-2-13(20-11-12)23-7-4-18(5-8-23)16(27)21-17(28)22-18/h1-2,11H,3-10H2,(H,19,26)(H,24,25)(H2,21,22,27,28). The van der Waals surface area contributed by atoms with Gasteiger partial charge in [0.2, 0.25) is 0 Å². The molecule has 0 atom stereocenters. The minimum absolute atomic E-state index is 0.0754. The second-order valence-electron chi connectivity index (χ2n) is 6.89. The van der Waals surface area contributed by atoms with Crippen molar-refractivity contribution in [2.45, 2.75) is 24.8 Å². The van der Waals surface area contributed by atoms with Crippen LogP contribution in [0.2, 0.25) is 0 Å². The number of carbonyl (C=O) groups is 4. The van der Waals surface area contributed by atoms with E-state index in [0.717, 1.165) is 0 Å². The van der Waals surface area contributed by atoms with Crippen LogP contribution in [0.4, 0.5) is 10.6 Å². The largest absolute Gasteiger partial charge is 0.481 e. The average molecular weight is 405 g/mol. The van der Waals surface area contributed by atoms with E-state index in [1.54, 1.807) is 12.1 Å². The van der Waals surface area contributed by atoms with Gasteiger partial charge in [0.25, 0.3) is 11.8 Å². The van der Waals surface area contributed by atoms with Crippen LogP contribution < -0.4 is 20.9 Å². The van der Waals surface area contributed by atoms with E-state index in [0.29, 0.717) is 37.3 Å². The van der Waals surface area contributed by atoms with Gasteiger partial charge in [0.05, 0.1) is 25.2 Å². The number of ether oxygens (including phenoxy) is 1. The number of rotatable bonds is 8. The summed E-state index contributed by atoms with van der Waals surface area (Å²) in [4.78, 5) is 52.2. The summed E-state index contributed by atoms with van der Waals surface area (Å²) in [5.41, 5.74) is -0.435. The van der Waals surface area contributed by atoms with E-state index in [9.17, 15) is 19.2 Å². The third kappa shape index (κ3) is 4.99. The average Bonchev–Trinajstić information content (AvgIpc) is 2.97. The van der Waals surface area contributed by atoms with Crippen LogP contribution in [0.1, 0.15) is 29.6 Å². The number of carbonyl (C=O) groups excluding carboxylic acids is 3. The Balaban J connectivity index is 1.44. The summed E-state index contributed by atoms with van der Waals surface area (Å²) in [6.07, 6.45) is 2.37. The van der Waals surface area contributed by atoms with Crippen molar-refractivity contribution in [3.05, 3.63) is 23.9 Å². The molecule has 1 aromatic heterocycles. The molecule has 4 N–H and O–H groups in total. The monoisotopic (exact) mass is 405 g/mol. The lowest BCUT2D eigenvalue weighted by molar-refractivity contribution is -0.138. The first kappa shape index (κ1) is 20.5. The van der Waals surface area contributed by atoms with Crippen LogP contribution in [-0.4, -0.2) is 72.3 Å². The van der Waals surface area contributed by atoms with Crippen molar-refractivity contribution in [1.29, 1.82) is 0 Å². The molecule has 1 spiro atoms. The van der Waals surface area contributed by atoms with Crippen molar-refractivity contribution in [3.8, 4) is 0 Å². The Morgan fingerprint density at radius 3 is 2.59 bits per heavy atom. The van der Waals surface area contributed by atoms with Gasteiger partial charge in [-0.2, -0.15) is 0 Å². The zero-order valence-electron chi connectivity index (χ0n) is 15.8. The van der Waals surface area contributed by atoms with Gasteiger partial charge in [0.15, 0.2) is 0 Å². The van der Waals surface area contributed by atoms with Gasteiger partial charge in [-0.3, -0.25) is 19.7 Å². The molecule has 3 heterocycles. The van der Waals surface area contributed by atoms with Gasteiger partial charge >= 0.3 is 12.0 Å². The number of carboxylic acids is 1. The van der Waals surface area contributed by atoms with Crippen LogP contribution in [0, 0.1) is 0 Å². The zero-order chi connectivity index (χ0) is 20.9. The van der Waals surface area contributed by atoms with Crippen molar-refractivity contribution in [3.63, 3.8) is 0 Å². The first-order valence-corrected chi connectivity index (χ1v) is 9.32. The molecule has 0 saturated carbocycles. The fourth-order valence-corrected chi connectivity index (χ4v) is 3.31. The molecule has 2 saturated heterocycles. The van der Waals surface area contributed by atoms with Crippen LogP contribution in [-0.2, 0) is 14.3 Å². The lowest BCUT2D eigenvalue weighted by Gasteiger charge is -2.37. The van der Waals surface area contributed by atoms with E-state index in [4.69, 9.17) is 9.84 Å². The molecule has 156 valence electrons. The van der Waals surface area contributed by atoms with Gasteiger partial charge < -0.3 is 25.4 Å². The van der Waals surface area contributed by atoms with Crippen LogP contribution in [0.3, 0.4) is 0 Å². The number of carboxylic acid groups (broad SMARTS) is 1. The molecule has 2 aliphatic heterocycles. The molecule has 11 nitrogen and oxygen atoms in total. The summed E-state index contributed by atoms with van der Waals surface area (Å²) in [6, 6.07) is 2.95. The molecule has 2 fully saturated rings. The maximum Gasteiger partial charge on any atom is 0.322 e. The van der Waals surface area contributed by atoms with E-state index < -0.39 is 17.5 Å². The highest BCUT2D eigenvalue weighted by Crippen LogP contribution is 2.27. The van der Waals surface area contributed by atoms with Gasteiger partial charge in [-0.25, -0.2) is 9.78 Å². The number of urea groups is 1. The molecule has 11 heteroatoms. The van der Waals surface area contributed by atoms with Crippen molar-refractivity contribution < 1.29 is 29.0 Å². The summed E-state index contributed by atoms with van der Waals surface area (Å²) >= 11 is 0. The topological polar surface area (TPSA) is 150 Å². The van der Waals surface area contributed by atoms with Gasteiger partial charge in [-0.05, 0) is 25.0 Å². The predicted octanol–water partition coefficient (Wildman–Crippen LogP) is -0.519. The number of pyridine rings is 1. The third-order valence-electron chi connectivity index (χ3n) is 4.96. The zero-order valence-corrected chi connectivity index (χ0v) is 15.8. The molecule has 0 bridgehead atoms. The van der Waals surface area contributed by atoms with Crippen molar-refractivity contribution in [1.82, 2.24) is 20.9 Å². The maximum atomic E-state index is 12.1. The summed E-state index contributed by atoms with van der Waals surface area (Å²) in [7, 11) is 0. The Kier molecular flexibility index (Phi) is 6.27. The van der Waals surface area contributed by atoms with Crippen LogP contribution in [0.15, 0.2) is 18.3 Å². The predicted molar refractivity (Wildman–Crippen MR) is 100 cm³/mol. The summed E-state index contributed by atoms with van der Waals surface area (Å²) in [5.74, 6) is -0.818. The summed E-state index contributed by atoms with van der Waals surface area (Å²) in [6.45, 7) is 1.70. The lowest BCUT2D eigenvalue weighted by Crippen LogP contribution is -2.55. The van der Waals surface area contributed by atoms with Gasteiger partial charge in [0, 0.05) is 25.8 Å². The second kappa shape index (κ2) is 8.86. The number of anilines is 1. The highest BCUT2D eigenvalue weighted by atomic mass is 16.5. The smallest absolute Gasteiger partial charge is 0.322 e. The molecule has 1 aromatic rings. The molecule has 4 amide bonds. The minimum atomic E-state index is -0.930. The Hall–Kier alpha value is -3.21. The van der Waals surface area contributed by atoms with E-state index in [-0.39, 0.29) is 38.0 Å². The van der Waals surface area contributed by atoms with E-state index >= 15 is 0 Å². The highest BCUT2D eigenvalue weighted by molar-refractivity contribution is 6.07. The molecule has 2 aliphatic rings. The molecule has 0 radical (unpaired) electrons. The van der Waals surface area contributed by atoms with E-state index in [2.05, 4.69) is 20.9 Å². The van der Waals surface area contributed by atoms with E-state index in [1.165, 1.54) is 6.20 Å². The van der Waals surface area contributed by atoms with Crippen molar-refractivity contribution in [2.24, 2.45) is 0 Å². The number of aliphatic carboxylic acids is 1. The minimum Gasteiger partial charge on any atom is -0.481 e. The van der Waals surface area contributed by atoms with Crippen molar-refractivity contribution >= 4 is 29.6 Å². The summed E-state index contributed by atoms with van der Waals surface area (Å²) in [5, 5.41) is 16.2. The van der Waals surface area contributed by atoms with Crippen molar-refractivity contribution in [2.75, 3.05) is 37.7 Å².